The fourth-order valence-corrected chi connectivity index (χ4v) is 9.17. The summed E-state index contributed by atoms with van der Waals surface area (Å²) < 4.78 is 11.8. The van der Waals surface area contributed by atoms with Gasteiger partial charge in [-0.2, -0.15) is 0 Å². The highest BCUT2D eigenvalue weighted by molar-refractivity contribution is 7.27. The average Bonchev–Trinajstić information content (AvgIpc) is 3.84. The maximum atomic E-state index is 6.80. The zero-order chi connectivity index (χ0) is 32.1. The number of fused-ring (bicyclic) bond motifs is 13. The molecule has 4 nitrogen and oxygen atoms in total. The molecular weight excluding hydrogens is 619 g/mol. The molecule has 0 fully saturated rings. The monoisotopic (exact) mass is 645 g/mol. The van der Waals surface area contributed by atoms with Crippen molar-refractivity contribution in [1.29, 1.82) is 0 Å². The van der Waals surface area contributed by atoms with Gasteiger partial charge in [-0.15, -0.1) is 11.3 Å². The highest BCUT2D eigenvalue weighted by Gasteiger charge is 2.25. The molecule has 0 amide bonds. The third kappa shape index (κ3) is 3.85. The van der Waals surface area contributed by atoms with Crippen LogP contribution in [-0.2, 0) is 6.42 Å². The molecular formula is C44H27N3OS. The van der Waals surface area contributed by atoms with Crippen LogP contribution in [-0.4, -0.2) is 14.5 Å². The van der Waals surface area contributed by atoms with Crippen molar-refractivity contribution in [3.63, 3.8) is 0 Å². The molecule has 0 atom stereocenters. The Labute approximate surface area is 285 Å². The van der Waals surface area contributed by atoms with Gasteiger partial charge in [0.15, 0.2) is 5.82 Å². The second-order valence-corrected chi connectivity index (χ2v) is 13.8. The van der Waals surface area contributed by atoms with Gasteiger partial charge in [-0.05, 0) is 43.2 Å². The number of para-hydroxylation sites is 2. The van der Waals surface area contributed by atoms with Crippen molar-refractivity contribution < 1.29 is 4.42 Å². The molecule has 1 aliphatic rings. The molecule has 0 unspecified atom stereocenters. The molecule has 6 aromatic carbocycles. The van der Waals surface area contributed by atoms with Crippen LogP contribution in [0.4, 0.5) is 0 Å². The van der Waals surface area contributed by atoms with E-state index in [2.05, 4.69) is 144 Å². The molecule has 0 saturated heterocycles. The topological polar surface area (TPSA) is 43.9 Å². The molecule has 49 heavy (non-hydrogen) atoms. The predicted molar refractivity (Wildman–Crippen MR) is 205 cm³/mol. The standard InChI is InChI=1S/C44H27N3OS/c1-2-13-26(14-3-1)40-29-17-4-8-21-33(29)45-44(46-40)27-15-12-16-28(25-27)47-34-22-9-5-18-30(34)37-41(47)38-32-20-7-11-24-36(32)49-43(38)39-31-19-6-10-23-35(31)48-42(37)39/h1-7,9-20,22-25H,8,21H2. The summed E-state index contributed by atoms with van der Waals surface area (Å²) >= 11 is 1.85. The van der Waals surface area contributed by atoms with Crippen molar-refractivity contribution in [3.8, 4) is 28.3 Å². The number of aromatic nitrogens is 3. The number of allylic oxidation sites excluding steroid dienone is 1. The first-order valence-corrected chi connectivity index (χ1v) is 17.5. The van der Waals surface area contributed by atoms with Gasteiger partial charge < -0.3 is 8.98 Å². The lowest BCUT2D eigenvalue weighted by atomic mass is 9.97. The summed E-state index contributed by atoms with van der Waals surface area (Å²) in [5.74, 6) is 0.751. The van der Waals surface area contributed by atoms with E-state index in [0.717, 1.165) is 79.9 Å². The third-order valence-electron chi connectivity index (χ3n) is 10.0. The fraction of sp³-hybridized carbons (Fsp3) is 0.0455. The van der Waals surface area contributed by atoms with Crippen molar-refractivity contribution >= 4 is 81.3 Å². The quantitative estimate of drug-likeness (QED) is 0.192. The maximum Gasteiger partial charge on any atom is 0.160 e. The van der Waals surface area contributed by atoms with E-state index in [0.29, 0.717) is 0 Å². The molecule has 10 aromatic rings. The minimum atomic E-state index is 0.751. The first-order chi connectivity index (χ1) is 24.3. The molecule has 0 aliphatic heterocycles. The van der Waals surface area contributed by atoms with Crippen LogP contribution in [0.15, 0.2) is 138 Å². The van der Waals surface area contributed by atoms with E-state index in [1.807, 2.05) is 11.3 Å². The molecule has 0 radical (unpaired) electrons. The largest absolute Gasteiger partial charge is 0.455 e. The van der Waals surface area contributed by atoms with Crippen molar-refractivity contribution in [2.75, 3.05) is 0 Å². The first-order valence-electron chi connectivity index (χ1n) is 16.7. The Bertz CT molecular complexity index is 2970. The summed E-state index contributed by atoms with van der Waals surface area (Å²) in [5, 5.41) is 7.20. The lowest BCUT2D eigenvalue weighted by molar-refractivity contribution is 0.673. The summed E-state index contributed by atoms with van der Waals surface area (Å²) in [7, 11) is 0. The average molecular weight is 646 g/mol. The van der Waals surface area contributed by atoms with Crippen molar-refractivity contribution in [1.82, 2.24) is 14.5 Å². The number of benzene rings is 6. The Morgan fingerprint density at radius 2 is 1.43 bits per heavy atom. The molecule has 4 heterocycles. The molecule has 4 aromatic heterocycles. The van der Waals surface area contributed by atoms with E-state index in [1.165, 1.54) is 36.5 Å². The number of rotatable bonds is 3. The van der Waals surface area contributed by atoms with E-state index < -0.39 is 0 Å². The number of nitrogens with zero attached hydrogens (tertiary/aromatic N) is 3. The molecule has 0 bridgehead atoms. The van der Waals surface area contributed by atoms with E-state index in [-0.39, 0.29) is 0 Å². The summed E-state index contributed by atoms with van der Waals surface area (Å²) in [6.07, 6.45) is 6.31. The van der Waals surface area contributed by atoms with Crippen LogP contribution in [0.2, 0.25) is 0 Å². The van der Waals surface area contributed by atoms with Crippen LogP contribution < -0.4 is 0 Å². The molecule has 0 N–H and O–H groups in total. The Morgan fingerprint density at radius 1 is 0.653 bits per heavy atom. The smallest absolute Gasteiger partial charge is 0.160 e. The number of furan rings is 1. The first kappa shape index (κ1) is 27.0. The van der Waals surface area contributed by atoms with Crippen LogP contribution in [0.1, 0.15) is 17.7 Å². The fourth-order valence-electron chi connectivity index (χ4n) is 7.91. The highest BCUT2D eigenvalue weighted by Crippen LogP contribution is 2.50. The normalized spacial score (nSPS) is 13.1. The third-order valence-corrected chi connectivity index (χ3v) is 11.2. The lowest BCUT2D eigenvalue weighted by Crippen LogP contribution is -2.05. The summed E-state index contributed by atoms with van der Waals surface area (Å²) in [5.41, 5.74) is 10.5. The van der Waals surface area contributed by atoms with Gasteiger partial charge in [-0.3, -0.25) is 0 Å². The Hall–Kier alpha value is -6.04. The minimum Gasteiger partial charge on any atom is -0.455 e. The van der Waals surface area contributed by atoms with Gasteiger partial charge in [0.1, 0.15) is 11.2 Å². The number of hydrogen-bond donors (Lipinski definition) is 0. The van der Waals surface area contributed by atoms with Crippen LogP contribution in [0.25, 0.3) is 98.3 Å². The van der Waals surface area contributed by atoms with Crippen LogP contribution in [0.5, 0.6) is 0 Å². The Balaban J connectivity index is 1.25. The molecule has 0 spiro atoms. The highest BCUT2D eigenvalue weighted by atomic mass is 32.1. The molecule has 11 rings (SSSR count). The minimum absolute atomic E-state index is 0.751. The van der Waals surface area contributed by atoms with Crippen LogP contribution in [0, 0.1) is 0 Å². The Morgan fingerprint density at radius 3 is 2.35 bits per heavy atom. The lowest BCUT2D eigenvalue weighted by Gasteiger charge is -2.16. The van der Waals surface area contributed by atoms with Gasteiger partial charge in [-0.1, -0.05) is 109 Å². The summed E-state index contributed by atoms with van der Waals surface area (Å²) in [6, 6.07) is 45.2. The molecule has 5 heteroatoms. The van der Waals surface area contributed by atoms with Gasteiger partial charge in [0.05, 0.1) is 27.8 Å². The Kier molecular flexibility index (Phi) is 5.63. The predicted octanol–water partition coefficient (Wildman–Crippen LogP) is 12.1. The molecule has 230 valence electrons. The second-order valence-electron chi connectivity index (χ2n) is 12.8. The van der Waals surface area contributed by atoms with Crippen LogP contribution in [0.3, 0.4) is 0 Å². The maximum absolute atomic E-state index is 6.80. The van der Waals surface area contributed by atoms with E-state index in [9.17, 15) is 0 Å². The number of aryl methyl sites for hydroxylation is 1. The second kappa shape index (κ2) is 10.2. The van der Waals surface area contributed by atoms with E-state index in [1.54, 1.807) is 0 Å². The van der Waals surface area contributed by atoms with Crippen molar-refractivity contribution in [3.05, 3.63) is 145 Å². The summed E-state index contributed by atoms with van der Waals surface area (Å²) in [6.45, 7) is 0. The summed E-state index contributed by atoms with van der Waals surface area (Å²) in [4.78, 5) is 10.4. The van der Waals surface area contributed by atoms with E-state index >= 15 is 0 Å². The van der Waals surface area contributed by atoms with Gasteiger partial charge >= 0.3 is 0 Å². The SMILES string of the molecule is C1=Cc2c(nc(-c3cccc(-n4c5ccccc5c5c6oc7ccccc7c6c6sc7ccccc7c6c54)c3)nc2-c2ccccc2)CC1. The van der Waals surface area contributed by atoms with Crippen LogP contribution >= 0.6 is 11.3 Å². The number of thiophene rings is 1. The van der Waals surface area contributed by atoms with Crippen molar-refractivity contribution in [2.24, 2.45) is 0 Å². The van der Waals surface area contributed by atoms with Gasteiger partial charge in [0.25, 0.3) is 0 Å². The zero-order valence-corrected chi connectivity index (χ0v) is 27.2. The zero-order valence-electron chi connectivity index (χ0n) is 26.4. The number of hydrogen-bond acceptors (Lipinski definition) is 4. The van der Waals surface area contributed by atoms with Gasteiger partial charge in [0.2, 0.25) is 0 Å². The molecule has 1 aliphatic carbocycles. The van der Waals surface area contributed by atoms with Crippen molar-refractivity contribution in [2.45, 2.75) is 12.8 Å². The van der Waals surface area contributed by atoms with E-state index in [4.69, 9.17) is 14.4 Å². The van der Waals surface area contributed by atoms with Gasteiger partial charge in [0, 0.05) is 58.7 Å². The van der Waals surface area contributed by atoms with Gasteiger partial charge in [-0.25, -0.2) is 9.97 Å². The molecule has 0 saturated carbocycles.